The summed E-state index contributed by atoms with van der Waals surface area (Å²) in [6, 6.07) is 4.51. The standard InChI is InChI=1S/C20H21F3N2O4/c1-20(2,7-10-3-13(21)18(23)14(22)4-10)24-8-16(27)12-5-11(26)6-15-19(12)29-9-17(28)25-15/h3-6,16,24,26-27H,7-9H2,1-2H3,(H,25,28). The van der Waals surface area contributed by atoms with Gasteiger partial charge in [-0.2, -0.15) is 0 Å². The topological polar surface area (TPSA) is 90.8 Å². The zero-order chi connectivity index (χ0) is 21.3. The Balaban J connectivity index is 1.72. The zero-order valence-corrected chi connectivity index (χ0v) is 15.9. The summed E-state index contributed by atoms with van der Waals surface area (Å²) in [6.45, 7) is 3.32. The molecule has 2 aromatic carbocycles. The number of anilines is 1. The molecule has 1 unspecified atom stereocenters. The quantitative estimate of drug-likeness (QED) is 0.550. The van der Waals surface area contributed by atoms with Gasteiger partial charge < -0.3 is 25.6 Å². The van der Waals surface area contributed by atoms with Crippen LogP contribution in [0, 0.1) is 17.5 Å². The van der Waals surface area contributed by atoms with Crippen molar-refractivity contribution >= 4 is 11.6 Å². The first-order valence-electron chi connectivity index (χ1n) is 8.92. The highest BCUT2D eigenvalue weighted by Crippen LogP contribution is 2.38. The van der Waals surface area contributed by atoms with Crippen LogP contribution in [0.3, 0.4) is 0 Å². The predicted octanol–water partition coefficient (Wildman–Crippen LogP) is 2.78. The summed E-state index contributed by atoms with van der Waals surface area (Å²) in [5.74, 6) is -4.31. The number of hydrogen-bond acceptors (Lipinski definition) is 5. The summed E-state index contributed by atoms with van der Waals surface area (Å²) in [7, 11) is 0. The van der Waals surface area contributed by atoms with Crippen LogP contribution in [0.2, 0.25) is 0 Å². The monoisotopic (exact) mass is 410 g/mol. The Morgan fingerprint density at radius 2 is 1.86 bits per heavy atom. The molecular formula is C20H21F3N2O4. The molecule has 0 aliphatic carbocycles. The van der Waals surface area contributed by atoms with E-state index < -0.39 is 29.1 Å². The third kappa shape index (κ3) is 4.80. The molecule has 1 atom stereocenters. The van der Waals surface area contributed by atoms with Crippen LogP contribution in [0.15, 0.2) is 24.3 Å². The first-order chi connectivity index (χ1) is 13.6. The molecule has 0 fully saturated rings. The second kappa shape index (κ2) is 7.92. The lowest BCUT2D eigenvalue weighted by Crippen LogP contribution is -2.43. The molecule has 1 amide bonds. The van der Waals surface area contributed by atoms with Gasteiger partial charge in [-0.15, -0.1) is 0 Å². The van der Waals surface area contributed by atoms with Crippen LogP contribution in [-0.4, -0.2) is 34.8 Å². The predicted molar refractivity (Wildman–Crippen MR) is 99.3 cm³/mol. The summed E-state index contributed by atoms with van der Waals surface area (Å²) in [5, 5.41) is 26.1. The Bertz CT molecular complexity index is 927. The van der Waals surface area contributed by atoms with E-state index in [0.29, 0.717) is 0 Å². The van der Waals surface area contributed by atoms with E-state index in [1.807, 2.05) is 0 Å². The number of hydrogen-bond donors (Lipinski definition) is 4. The van der Waals surface area contributed by atoms with E-state index >= 15 is 0 Å². The number of carbonyl (C=O) groups is 1. The number of ether oxygens (including phenoxy) is 1. The van der Waals surface area contributed by atoms with Crippen molar-refractivity contribution in [1.82, 2.24) is 5.32 Å². The number of phenols is 1. The van der Waals surface area contributed by atoms with Gasteiger partial charge in [0.1, 0.15) is 11.5 Å². The molecule has 0 radical (unpaired) electrons. The fraction of sp³-hybridized carbons (Fsp3) is 0.350. The van der Waals surface area contributed by atoms with E-state index in [9.17, 15) is 28.2 Å². The van der Waals surface area contributed by atoms with Crippen LogP contribution >= 0.6 is 0 Å². The van der Waals surface area contributed by atoms with Crippen molar-refractivity contribution in [3.63, 3.8) is 0 Å². The molecule has 3 rings (SSSR count). The smallest absolute Gasteiger partial charge is 0.262 e. The van der Waals surface area contributed by atoms with Gasteiger partial charge in [0.25, 0.3) is 5.91 Å². The second-order valence-electron chi connectivity index (χ2n) is 7.58. The first-order valence-corrected chi connectivity index (χ1v) is 8.92. The van der Waals surface area contributed by atoms with Crippen LogP contribution in [0.1, 0.15) is 31.1 Å². The van der Waals surface area contributed by atoms with E-state index in [4.69, 9.17) is 4.74 Å². The van der Waals surface area contributed by atoms with Gasteiger partial charge in [-0.25, -0.2) is 13.2 Å². The van der Waals surface area contributed by atoms with Crippen LogP contribution < -0.4 is 15.4 Å². The van der Waals surface area contributed by atoms with Gasteiger partial charge >= 0.3 is 0 Å². The lowest BCUT2D eigenvalue weighted by Gasteiger charge is -2.29. The Morgan fingerprint density at radius 1 is 1.21 bits per heavy atom. The number of benzene rings is 2. The molecule has 9 heteroatoms. The number of nitrogens with one attached hydrogen (secondary N) is 2. The number of carbonyl (C=O) groups excluding carboxylic acids is 1. The number of aromatic hydroxyl groups is 1. The third-order valence-corrected chi connectivity index (χ3v) is 4.55. The largest absolute Gasteiger partial charge is 0.508 e. The van der Waals surface area contributed by atoms with Crippen LogP contribution in [0.4, 0.5) is 18.9 Å². The van der Waals surface area contributed by atoms with Gasteiger partial charge in [0.05, 0.1) is 11.8 Å². The molecular weight excluding hydrogens is 389 g/mol. The van der Waals surface area contributed by atoms with Crippen molar-refractivity contribution in [2.45, 2.75) is 31.9 Å². The highest BCUT2D eigenvalue weighted by atomic mass is 19.2. The normalized spacial score (nSPS) is 14.8. The molecule has 0 spiro atoms. The average Bonchev–Trinajstić information content (AvgIpc) is 2.62. The fourth-order valence-electron chi connectivity index (χ4n) is 3.23. The molecule has 0 saturated carbocycles. The molecule has 29 heavy (non-hydrogen) atoms. The molecule has 2 aromatic rings. The molecule has 0 bridgehead atoms. The molecule has 6 nitrogen and oxygen atoms in total. The van der Waals surface area contributed by atoms with E-state index in [1.165, 1.54) is 12.1 Å². The van der Waals surface area contributed by atoms with Crippen molar-refractivity contribution in [2.75, 3.05) is 18.5 Å². The maximum absolute atomic E-state index is 13.4. The van der Waals surface area contributed by atoms with Crippen LogP contribution in [0.5, 0.6) is 11.5 Å². The van der Waals surface area contributed by atoms with E-state index in [-0.39, 0.29) is 53.8 Å². The summed E-state index contributed by atoms with van der Waals surface area (Å²) in [4.78, 5) is 11.4. The van der Waals surface area contributed by atoms with Crippen molar-refractivity contribution in [1.29, 1.82) is 0 Å². The van der Waals surface area contributed by atoms with E-state index in [0.717, 1.165) is 12.1 Å². The minimum atomic E-state index is -1.52. The summed E-state index contributed by atoms with van der Waals surface area (Å²) in [6.07, 6.45) is -0.940. The van der Waals surface area contributed by atoms with Gasteiger partial charge in [-0.3, -0.25) is 4.79 Å². The molecule has 1 aliphatic rings. The van der Waals surface area contributed by atoms with Gasteiger partial charge in [-0.1, -0.05) is 0 Å². The Hall–Kier alpha value is -2.78. The Morgan fingerprint density at radius 3 is 2.52 bits per heavy atom. The number of β-amino-alcohol motifs (C(OH)–C–C–N with tert-alkyl or cyclic N) is 1. The molecule has 0 saturated heterocycles. The number of aliphatic hydroxyl groups is 1. The minimum absolute atomic E-state index is 0.0202. The average molecular weight is 410 g/mol. The Labute approximate surface area is 165 Å². The number of rotatable bonds is 6. The highest BCUT2D eigenvalue weighted by molar-refractivity contribution is 5.96. The number of amides is 1. The summed E-state index contributed by atoms with van der Waals surface area (Å²) >= 11 is 0. The minimum Gasteiger partial charge on any atom is -0.508 e. The van der Waals surface area contributed by atoms with Crippen molar-refractivity contribution in [3.05, 3.63) is 52.8 Å². The third-order valence-electron chi connectivity index (χ3n) is 4.55. The molecule has 4 N–H and O–H groups in total. The molecule has 156 valence electrons. The summed E-state index contributed by atoms with van der Waals surface area (Å²) < 4.78 is 45.4. The van der Waals surface area contributed by atoms with Gasteiger partial charge in [-0.05, 0) is 44.0 Å². The number of fused-ring (bicyclic) bond motifs is 1. The van der Waals surface area contributed by atoms with Crippen molar-refractivity contribution < 1.29 is 32.9 Å². The zero-order valence-electron chi connectivity index (χ0n) is 15.9. The van der Waals surface area contributed by atoms with Gasteiger partial charge in [0.15, 0.2) is 24.1 Å². The summed E-state index contributed by atoms with van der Waals surface area (Å²) in [5.41, 5.74) is 0.0899. The van der Waals surface area contributed by atoms with E-state index in [2.05, 4.69) is 10.6 Å². The number of phenolic OH excluding ortho intramolecular Hbond substituents is 1. The van der Waals surface area contributed by atoms with Gasteiger partial charge in [0.2, 0.25) is 0 Å². The molecule has 1 heterocycles. The number of halogens is 3. The lowest BCUT2D eigenvalue weighted by atomic mass is 9.94. The maximum atomic E-state index is 13.4. The molecule has 1 aliphatic heterocycles. The molecule has 0 aromatic heterocycles. The van der Waals surface area contributed by atoms with Crippen molar-refractivity contribution in [3.8, 4) is 11.5 Å². The lowest BCUT2D eigenvalue weighted by molar-refractivity contribution is -0.118. The number of aliphatic hydroxyl groups excluding tert-OH is 1. The van der Waals surface area contributed by atoms with E-state index in [1.54, 1.807) is 13.8 Å². The van der Waals surface area contributed by atoms with Crippen LogP contribution in [-0.2, 0) is 11.2 Å². The second-order valence-corrected chi connectivity index (χ2v) is 7.58. The highest BCUT2D eigenvalue weighted by Gasteiger charge is 2.26. The fourth-order valence-corrected chi connectivity index (χ4v) is 3.23. The van der Waals surface area contributed by atoms with Crippen molar-refractivity contribution in [2.24, 2.45) is 0 Å². The Kier molecular flexibility index (Phi) is 5.72. The maximum Gasteiger partial charge on any atom is 0.262 e. The SMILES string of the molecule is CC(C)(Cc1cc(F)c(F)c(F)c1)NCC(O)c1cc(O)cc2c1OCC(=O)N2. The first kappa shape index (κ1) is 20.9. The van der Waals surface area contributed by atoms with Crippen LogP contribution in [0.25, 0.3) is 0 Å². The van der Waals surface area contributed by atoms with Gasteiger partial charge in [0, 0.05) is 23.7 Å².